The average Bonchev–Trinajstić information content (AvgIpc) is 2.86. The Morgan fingerprint density at radius 2 is 2.00 bits per heavy atom. The van der Waals surface area contributed by atoms with Gasteiger partial charge in [-0.25, -0.2) is 0 Å². The fourth-order valence-corrected chi connectivity index (χ4v) is 2.26. The van der Waals surface area contributed by atoms with Crippen LogP contribution in [0.15, 0.2) is 29.3 Å². The second kappa shape index (κ2) is 7.17. The number of aromatic nitrogens is 3. The number of rotatable bonds is 6. The molecule has 0 atom stereocenters. The monoisotopic (exact) mass is 272 g/mol. The van der Waals surface area contributed by atoms with Gasteiger partial charge in [-0.15, -0.1) is 5.10 Å². The first-order valence-electron chi connectivity index (χ1n) is 7.50. The molecule has 0 aliphatic carbocycles. The molecule has 108 valence electrons. The molecule has 4 nitrogen and oxygen atoms in total. The predicted molar refractivity (Wildman–Crippen MR) is 84.2 cm³/mol. The maximum Gasteiger partial charge on any atom is 0.124 e. The molecule has 0 aliphatic rings. The minimum atomic E-state index is 0.807. The third kappa shape index (κ3) is 3.89. The molecule has 0 saturated heterocycles. The van der Waals surface area contributed by atoms with Crippen LogP contribution in [0.5, 0.6) is 0 Å². The molecule has 0 bridgehead atoms. The molecule has 20 heavy (non-hydrogen) atoms. The highest BCUT2D eigenvalue weighted by Crippen LogP contribution is 2.10. The lowest BCUT2D eigenvalue weighted by Gasteiger charge is -2.04. The van der Waals surface area contributed by atoms with Crippen molar-refractivity contribution in [1.82, 2.24) is 15.0 Å². The number of hydrogen-bond acceptors (Lipinski definition) is 3. The van der Waals surface area contributed by atoms with Gasteiger partial charge >= 0.3 is 0 Å². The lowest BCUT2D eigenvalue weighted by Crippen LogP contribution is -2.10. The Morgan fingerprint density at radius 3 is 2.80 bits per heavy atom. The van der Waals surface area contributed by atoms with Gasteiger partial charge in [-0.05, 0) is 31.4 Å². The van der Waals surface area contributed by atoms with Crippen molar-refractivity contribution in [3.8, 4) is 0 Å². The summed E-state index contributed by atoms with van der Waals surface area (Å²) in [5.74, 6) is 1.73. The number of para-hydroxylation sites is 1. The zero-order valence-electron chi connectivity index (χ0n) is 12.7. The molecule has 2 aromatic rings. The molecule has 1 aromatic heterocycles. The SMILES string of the molecule is CC(=NCCCCCC(C)C)n1nnc2ccccc21. The van der Waals surface area contributed by atoms with E-state index in [2.05, 4.69) is 29.2 Å². The molecular weight excluding hydrogens is 248 g/mol. The summed E-state index contributed by atoms with van der Waals surface area (Å²) in [4.78, 5) is 4.61. The average molecular weight is 272 g/mol. The first kappa shape index (κ1) is 14.7. The summed E-state index contributed by atoms with van der Waals surface area (Å²) in [7, 11) is 0. The van der Waals surface area contributed by atoms with E-state index < -0.39 is 0 Å². The van der Waals surface area contributed by atoms with E-state index in [4.69, 9.17) is 0 Å². The standard InChI is InChI=1S/C16H24N4/c1-13(2)9-5-4-8-12-17-14(3)20-16-11-7-6-10-15(16)18-19-20/h6-7,10-11,13H,4-5,8-9,12H2,1-3H3. The van der Waals surface area contributed by atoms with Crippen LogP contribution in [0.4, 0.5) is 0 Å². The van der Waals surface area contributed by atoms with Gasteiger partial charge in [0.2, 0.25) is 0 Å². The Hall–Kier alpha value is -1.71. The van der Waals surface area contributed by atoms with E-state index in [1.165, 1.54) is 19.3 Å². The van der Waals surface area contributed by atoms with E-state index in [1.54, 1.807) is 0 Å². The Morgan fingerprint density at radius 1 is 1.20 bits per heavy atom. The van der Waals surface area contributed by atoms with E-state index in [1.807, 2.05) is 35.9 Å². The van der Waals surface area contributed by atoms with Crippen LogP contribution in [-0.2, 0) is 0 Å². The summed E-state index contributed by atoms with van der Waals surface area (Å²) in [5.41, 5.74) is 1.94. The summed E-state index contributed by atoms with van der Waals surface area (Å²) in [5, 5.41) is 8.32. The van der Waals surface area contributed by atoms with Gasteiger partial charge in [0, 0.05) is 6.54 Å². The summed E-state index contributed by atoms with van der Waals surface area (Å²) < 4.78 is 1.82. The second-order valence-corrected chi connectivity index (χ2v) is 5.66. The molecule has 0 aliphatic heterocycles. The number of aliphatic imine (C=N–C) groups is 1. The molecular formula is C16H24N4. The maximum atomic E-state index is 4.61. The van der Waals surface area contributed by atoms with Gasteiger partial charge in [-0.3, -0.25) is 4.99 Å². The van der Waals surface area contributed by atoms with Crippen LogP contribution in [0.25, 0.3) is 11.0 Å². The molecule has 1 aromatic carbocycles. The zero-order valence-corrected chi connectivity index (χ0v) is 12.7. The highest BCUT2D eigenvalue weighted by atomic mass is 15.4. The zero-order chi connectivity index (χ0) is 14.4. The van der Waals surface area contributed by atoms with Crippen LogP contribution in [-0.4, -0.2) is 27.4 Å². The van der Waals surface area contributed by atoms with Crippen LogP contribution in [0.2, 0.25) is 0 Å². The van der Waals surface area contributed by atoms with E-state index in [9.17, 15) is 0 Å². The lowest BCUT2D eigenvalue weighted by molar-refractivity contribution is 0.529. The van der Waals surface area contributed by atoms with Crippen molar-refractivity contribution < 1.29 is 0 Å². The predicted octanol–water partition coefficient (Wildman–Crippen LogP) is 3.91. The number of benzene rings is 1. The lowest BCUT2D eigenvalue weighted by atomic mass is 10.1. The fraction of sp³-hybridized carbons (Fsp3) is 0.562. The van der Waals surface area contributed by atoms with E-state index in [0.717, 1.165) is 35.8 Å². The Balaban J connectivity index is 1.87. The number of hydrogen-bond donors (Lipinski definition) is 0. The molecule has 4 heteroatoms. The van der Waals surface area contributed by atoms with Crippen LogP contribution in [0, 0.1) is 5.92 Å². The Bertz CT molecular complexity index is 569. The van der Waals surface area contributed by atoms with Crippen molar-refractivity contribution in [1.29, 1.82) is 0 Å². The quantitative estimate of drug-likeness (QED) is 0.454. The summed E-state index contributed by atoms with van der Waals surface area (Å²) in [6, 6.07) is 7.97. The largest absolute Gasteiger partial charge is 0.271 e. The minimum Gasteiger partial charge on any atom is -0.271 e. The van der Waals surface area contributed by atoms with Gasteiger partial charge in [0.1, 0.15) is 11.4 Å². The molecule has 1 heterocycles. The smallest absolute Gasteiger partial charge is 0.124 e. The van der Waals surface area contributed by atoms with Gasteiger partial charge in [-0.1, -0.05) is 50.5 Å². The third-order valence-electron chi connectivity index (χ3n) is 3.44. The van der Waals surface area contributed by atoms with Crippen LogP contribution >= 0.6 is 0 Å². The third-order valence-corrected chi connectivity index (χ3v) is 3.44. The van der Waals surface area contributed by atoms with Gasteiger partial charge in [0.15, 0.2) is 0 Å². The van der Waals surface area contributed by atoms with Crippen molar-refractivity contribution in [2.75, 3.05) is 6.54 Å². The summed E-state index contributed by atoms with van der Waals surface area (Å²) in [6.07, 6.45) is 5.03. The Labute approximate surface area is 120 Å². The topological polar surface area (TPSA) is 43.1 Å². The minimum absolute atomic E-state index is 0.807. The number of unbranched alkanes of at least 4 members (excludes halogenated alkanes) is 2. The molecule has 0 spiro atoms. The Kier molecular flexibility index (Phi) is 5.27. The normalized spacial score (nSPS) is 12.5. The number of fused-ring (bicyclic) bond motifs is 1. The molecule has 2 rings (SSSR count). The highest BCUT2D eigenvalue weighted by molar-refractivity contribution is 5.90. The maximum absolute atomic E-state index is 4.61. The number of nitrogens with zero attached hydrogens (tertiary/aromatic N) is 4. The van der Waals surface area contributed by atoms with Crippen molar-refractivity contribution >= 4 is 16.9 Å². The van der Waals surface area contributed by atoms with Gasteiger partial charge in [-0.2, -0.15) is 4.68 Å². The van der Waals surface area contributed by atoms with Gasteiger partial charge in [0.05, 0.1) is 5.52 Å². The molecule has 0 amide bonds. The molecule has 0 radical (unpaired) electrons. The first-order valence-corrected chi connectivity index (χ1v) is 7.50. The molecule has 0 fully saturated rings. The summed E-state index contributed by atoms with van der Waals surface area (Å²) >= 11 is 0. The van der Waals surface area contributed by atoms with E-state index in [0.29, 0.717) is 0 Å². The van der Waals surface area contributed by atoms with Crippen LogP contribution < -0.4 is 0 Å². The van der Waals surface area contributed by atoms with Crippen molar-refractivity contribution in [2.45, 2.75) is 46.5 Å². The second-order valence-electron chi connectivity index (χ2n) is 5.66. The van der Waals surface area contributed by atoms with Crippen molar-refractivity contribution in [3.63, 3.8) is 0 Å². The molecule has 0 unspecified atom stereocenters. The summed E-state index contributed by atoms with van der Waals surface area (Å²) in [6.45, 7) is 7.42. The molecule has 0 saturated carbocycles. The fourth-order valence-electron chi connectivity index (χ4n) is 2.26. The van der Waals surface area contributed by atoms with Crippen LogP contribution in [0.3, 0.4) is 0 Å². The van der Waals surface area contributed by atoms with Gasteiger partial charge in [0.25, 0.3) is 0 Å². The van der Waals surface area contributed by atoms with Gasteiger partial charge < -0.3 is 0 Å². The molecule has 0 N–H and O–H groups in total. The van der Waals surface area contributed by atoms with Crippen molar-refractivity contribution in [3.05, 3.63) is 24.3 Å². The first-order chi connectivity index (χ1) is 9.68. The van der Waals surface area contributed by atoms with Crippen LogP contribution in [0.1, 0.15) is 46.5 Å². The van der Waals surface area contributed by atoms with E-state index in [-0.39, 0.29) is 0 Å². The highest BCUT2D eigenvalue weighted by Gasteiger charge is 2.05. The van der Waals surface area contributed by atoms with E-state index >= 15 is 0 Å². The van der Waals surface area contributed by atoms with Crippen molar-refractivity contribution in [2.24, 2.45) is 10.9 Å².